The summed E-state index contributed by atoms with van der Waals surface area (Å²) in [5.74, 6) is 0.190. The Morgan fingerprint density at radius 3 is 2.84 bits per heavy atom. The minimum atomic E-state index is -0.323. The van der Waals surface area contributed by atoms with E-state index in [1.165, 1.54) is 19.2 Å². The summed E-state index contributed by atoms with van der Waals surface area (Å²) in [6.07, 6.45) is 0.377. The third-order valence-corrected chi connectivity index (χ3v) is 3.43. The van der Waals surface area contributed by atoms with Crippen molar-refractivity contribution in [2.24, 2.45) is 0 Å². The molecule has 0 aromatic heterocycles. The molecule has 1 aromatic carbocycles. The number of halogens is 1. The molecule has 0 unspecified atom stereocenters. The van der Waals surface area contributed by atoms with Gasteiger partial charge in [-0.05, 0) is 6.07 Å². The molecular formula is C14H18FN3O. The van der Waals surface area contributed by atoms with Gasteiger partial charge in [-0.15, -0.1) is 0 Å². The van der Waals surface area contributed by atoms with Crippen LogP contribution in [0, 0.1) is 17.1 Å². The minimum absolute atomic E-state index is 0.0392. The Balaban J connectivity index is 2.30. The number of hydrogen-bond donors (Lipinski definition) is 1. The number of methoxy groups -OCH3 is 1. The molecule has 0 radical (unpaired) electrons. The van der Waals surface area contributed by atoms with Crippen molar-refractivity contribution in [2.45, 2.75) is 12.5 Å². The predicted molar refractivity (Wildman–Crippen MR) is 70.4 cm³/mol. The van der Waals surface area contributed by atoms with Crippen LogP contribution < -0.4 is 10.1 Å². The molecule has 0 aliphatic carbocycles. The molecule has 19 heavy (non-hydrogen) atoms. The Hall–Kier alpha value is -1.64. The summed E-state index contributed by atoms with van der Waals surface area (Å²) in [4.78, 5) is 2.25. The molecule has 2 rings (SSSR count). The van der Waals surface area contributed by atoms with Crippen LogP contribution in [0.15, 0.2) is 18.2 Å². The lowest BCUT2D eigenvalue weighted by atomic mass is 10.0. The molecule has 0 bridgehead atoms. The molecule has 1 aliphatic rings. The summed E-state index contributed by atoms with van der Waals surface area (Å²) < 4.78 is 18.5. The van der Waals surface area contributed by atoms with Crippen LogP contribution in [-0.2, 0) is 0 Å². The molecular weight excluding hydrogens is 245 g/mol. The van der Waals surface area contributed by atoms with Gasteiger partial charge < -0.3 is 10.1 Å². The molecule has 1 N–H and O–H groups in total. The van der Waals surface area contributed by atoms with Crippen molar-refractivity contribution in [2.75, 3.05) is 33.3 Å². The second kappa shape index (κ2) is 6.50. The largest absolute Gasteiger partial charge is 0.496 e. The molecule has 5 heteroatoms. The fourth-order valence-electron chi connectivity index (χ4n) is 2.48. The van der Waals surface area contributed by atoms with E-state index >= 15 is 0 Å². The molecule has 102 valence electrons. The first-order valence-corrected chi connectivity index (χ1v) is 6.41. The van der Waals surface area contributed by atoms with Gasteiger partial charge in [0.2, 0.25) is 0 Å². The summed E-state index contributed by atoms with van der Waals surface area (Å²) >= 11 is 0. The molecule has 1 saturated heterocycles. The molecule has 0 saturated carbocycles. The van der Waals surface area contributed by atoms with E-state index in [2.05, 4.69) is 16.3 Å². The average molecular weight is 263 g/mol. The van der Waals surface area contributed by atoms with Crippen molar-refractivity contribution in [3.63, 3.8) is 0 Å². The van der Waals surface area contributed by atoms with E-state index in [1.807, 2.05) is 0 Å². The van der Waals surface area contributed by atoms with E-state index in [1.54, 1.807) is 6.07 Å². The fraction of sp³-hybridized carbons (Fsp3) is 0.500. The zero-order chi connectivity index (χ0) is 13.7. The van der Waals surface area contributed by atoms with Gasteiger partial charge in [0.1, 0.15) is 11.6 Å². The molecule has 4 nitrogen and oxygen atoms in total. The van der Waals surface area contributed by atoms with Gasteiger partial charge in [-0.1, -0.05) is 6.07 Å². The predicted octanol–water partition coefficient (Wildman–Crippen LogP) is 1.69. The standard InChI is InChI=1S/C14H18FN3O/c1-19-14-10-11(15)2-3-12(14)13(4-5-16)18-8-6-17-7-9-18/h2-3,10,13,17H,4,6-9H2,1H3/t13-/m1/s1. The Morgan fingerprint density at radius 1 is 1.47 bits per heavy atom. The van der Waals surface area contributed by atoms with Crippen LogP contribution in [0.4, 0.5) is 4.39 Å². The second-order valence-corrected chi connectivity index (χ2v) is 4.55. The number of benzene rings is 1. The number of ether oxygens (including phenoxy) is 1. The van der Waals surface area contributed by atoms with Crippen LogP contribution in [0.2, 0.25) is 0 Å². The summed E-state index contributed by atoms with van der Waals surface area (Å²) in [6.45, 7) is 3.58. The van der Waals surface area contributed by atoms with Gasteiger partial charge in [0.05, 0.1) is 25.6 Å². The average Bonchev–Trinajstić information content (AvgIpc) is 2.46. The van der Waals surface area contributed by atoms with Crippen LogP contribution in [0.1, 0.15) is 18.0 Å². The van der Waals surface area contributed by atoms with Crippen molar-refractivity contribution in [3.05, 3.63) is 29.6 Å². The molecule has 1 atom stereocenters. The highest BCUT2D eigenvalue weighted by Gasteiger charge is 2.24. The minimum Gasteiger partial charge on any atom is -0.496 e. The zero-order valence-electron chi connectivity index (χ0n) is 11.0. The zero-order valence-corrected chi connectivity index (χ0v) is 11.0. The number of piperazine rings is 1. The number of nitriles is 1. The maximum absolute atomic E-state index is 13.3. The third kappa shape index (κ3) is 3.22. The Kier molecular flexibility index (Phi) is 4.72. The molecule has 1 fully saturated rings. The van der Waals surface area contributed by atoms with Crippen LogP contribution in [0.5, 0.6) is 5.75 Å². The Morgan fingerprint density at radius 2 is 2.21 bits per heavy atom. The van der Waals surface area contributed by atoms with E-state index in [9.17, 15) is 4.39 Å². The maximum Gasteiger partial charge on any atom is 0.126 e. The first-order chi connectivity index (χ1) is 9.26. The van der Waals surface area contributed by atoms with Gasteiger partial charge in [-0.2, -0.15) is 5.26 Å². The van der Waals surface area contributed by atoms with E-state index in [0.717, 1.165) is 31.7 Å². The number of rotatable bonds is 4. The molecule has 0 amide bonds. The summed E-state index contributed by atoms with van der Waals surface area (Å²) in [5, 5.41) is 12.3. The summed E-state index contributed by atoms with van der Waals surface area (Å²) in [5.41, 5.74) is 0.882. The van der Waals surface area contributed by atoms with Gasteiger partial charge in [-0.25, -0.2) is 4.39 Å². The van der Waals surface area contributed by atoms with Crippen molar-refractivity contribution in [1.82, 2.24) is 10.2 Å². The van der Waals surface area contributed by atoms with Crippen molar-refractivity contribution >= 4 is 0 Å². The monoisotopic (exact) mass is 263 g/mol. The quantitative estimate of drug-likeness (QED) is 0.898. The van der Waals surface area contributed by atoms with Crippen LogP contribution >= 0.6 is 0 Å². The second-order valence-electron chi connectivity index (χ2n) is 4.55. The molecule has 1 aromatic rings. The van der Waals surface area contributed by atoms with Crippen LogP contribution in [0.25, 0.3) is 0 Å². The SMILES string of the molecule is COc1cc(F)ccc1[C@@H](CC#N)N1CCNCC1. The van der Waals surface area contributed by atoms with Gasteiger partial charge in [-0.3, -0.25) is 4.90 Å². The summed E-state index contributed by atoms with van der Waals surface area (Å²) in [7, 11) is 1.53. The lowest BCUT2D eigenvalue weighted by Gasteiger charge is -2.34. The third-order valence-electron chi connectivity index (χ3n) is 3.43. The number of hydrogen-bond acceptors (Lipinski definition) is 4. The van der Waals surface area contributed by atoms with Gasteiger partial charge in [0.25, 0.3) is 0 Å². The van der Waals surface area contributed by atoms with Crippen molar-refractivity contribution < 1.29 is 9.13 Å². The fourth-order valence-corrected chi connectivity index (χ4v) is 2.48. The van der Waals surface area contributed by atoms with Crippen LogP contribution in [-0.4, -0.2) is 38.2 Å². The molecule has 1 aliphatic heterocycles. The number of nitrogens with one attached hydrogen (secondary N) is 1. The van der Waals surface area contributed by atoms with Gasteiger partial charge >= 0.3 is 0 Å². The Bertz CT molecular complexity index is 466. The molecule has 0 spiro atoms. The smallest absolute Gasteiger partial charge is 0.126 e. The van der Waals surface area contributed by atoms with Crippen molar-refractivity contribution in [3.8, 4) is 11.8 Å². The highest BCUT2D eigenvalue weighted by molar-refractivity contribution is 5.37. The van der Waals surface area contributed by atoms with Crippen LogP contribution in [0.3, 0.4) is 0 Å². The normalized spacial score (nSPS) is 17.7. The van der Waals surface area contributed by atoms with Crippen molar-refractivity contribution in [1.29, 1.82) is 5.26 Å². The first kappa shape index (κ1) is 13.8. The highest BCUT2D eigenvalue weighted by atomic mass is 19.1. The van der Waals surface area contributed by atoms with E-state index in [-0.39, 0.29) is 11.9 Å². The highest BCUT2D eigenvalue weighted by Crippen LogP contribution is 2.32. The van der Waals surface area contributed by atoms with E-state index < -0.39 is 0 Å². The van der Waals surface area contributed by atoms with Gasteiger partial charge in [0, 0.05) is 37.8 Å². The van der Waals surface area contributed by atoms with E-state index in [0.29, 0.717) is 12.2 Å². The molecule has 1 heterocycles. The lowest BCUT2D eigenvalue weighted by Crippen LogP contribution is -2.45. The maximum atomic E-state index is 13.3. The summed E-state index contributed by atoms with van der Waals surface area (Å²) in [6, 6.07) is 6.70. The lowest BCUT2D eigenvalue weighted by molar-refractivity contribution is 0.172. The Labute approximate surface area is 112 Å². The van der Waals surface area contributed by atoms with E-state index in [4.69, 9.17) is 10.00 Å². The number of nitrogens with zero attached hydrogens (tertiary/aromatic N) is 2. The first-order valence-electron chi connectivity index (χ1n) is 6.41. The topological polar surface area (TPSA) is 48.3 Å². The van der Waals surface area contributed by atoms with Gasteiger partial charge in [0.15, 0.2) is 0 Å².